The van der Waals surface area contributed by atoms with E-state index in [9.17, 15) is 14.7 Å². The number of hydrogen-bond acceptors (Lipinski definition) is 3. The zero-order valence-electron chi connectivity index (χ0n) is 10.1. The molecule has 0 heterocycles. The van der Waals surface area contributed by atoms with E-state index in [1.54, 1.807) is 32.1 Å². The van der Waals surface area contributed by atoms with Crippen LogP contribution in [0.1, 0.15) is 33.1 Å². The molecule has 2 atom stereocenters. The second kappa shape index (κ2) is 5.15. The lowest BCUT2D eigenvalue weighted by Gasteiger charge is -2.40. The highest BCUT2D eigenvalue weighted by Crippen LogP contribution is 2.42. The Morgan fingerprint density at radius 1 is 1.65 bits per heavy atom. The topological polar surface area (TPSA) is 54.4 Å². The molecule has 0 saturated carbocycles. The van der Waals surface area contributed by atoms with Crippen LogP contribution in [0.15, 0.2) is 23.3 Å². The van der Waals surface area contributed by atoms with Crippen molar-refractivity contribution in [3.05, 3.63) is 23.3 Å². The van der Waals surface area contributed by atoms with Crippen molar-refractivity contribution in [2.75, 3.05) is 0 Å². The summed E-state index contributed by atoms with van der Waals surface area (Å²) in [7, 11) is 0. The van der Waals surface area contributed by atoms with Crippen LogP contribution in [0.2, 0.25) is 0 Å². The molecular weight excluding hydrogens is 240 g/mol. The molecule has 0 bridgehead atoms. The van der Waals surface area contributed by atoms with Gasteiger partial charge in [-0.1, -0.05) is 37.6 Å². The Hall–Kier alpha value is -0.930. The molecule has 0 aromatic heterocycles. The maximum atomic E-state index is 11.9. The van der Waals surface area contributed by atoms with Crippen LogP contribution in [0.3, 0.4) is 0 Å². The lowest BCUT2D eigenvalue weighted by atomic mass is 9.65. The molecule has 94 valence electrons. The highest BCUT2D eigenvalue weighted by atomic mass is 35.5. The van der Waals surface area contributed by atoms with Crippen LogP contribution in [0.5, 0.6) is 0 Å². The summed E-state index contributed by atoms with van der Waals surface area (Å²) in [4.78, 5) is 23.3. The average molecular weight is 257 g/mol. The molecule has 0 saturated heterocycles. The first kappa shape index (κ1) is 14.1. The minimum atomic E-state index is -1.64. The number of aldehydes is 1. The normalized spacial score (nSPS) is 27.2. The van der Waals surface area contributed by atoms with E-state index >= 15 is 0 Å². The number of hydrogen-bond donors (Lipinski definition) is 1. The number of carbonyl (C=O) groups is 2. The summed E-state index contributed by atoms with van der Waals surface area (Å²) < 4.78 is 0. The molecule has 0 spiro atoms. The van der Waals surface area contributed by atoms with Crippen molar-refractivity contribution in [3.8, 4) is 0 Å². The van der Waals surface area contributed by atoms with Gasteiger partial charge in [0, 0.05) is 11.5 Å². The van der Waals surface area contributed by atoms with Crippen molar-refractivity contribution < 1.29 is 14.7 Å². The van der Waals surface area contributed by atoms with Crippen LogP contribution in [0.4, 0.5) is 0 Å². The molecule has 1 aliphatic rings. The van der Waals surface area contributed by atoms with Gasteiger partial charge in [-0.25, -0.2) is 0 Å². The van der Waals surface area contributed by atoms with E-state index in [2.05, 4.69) is 0 Å². The first-order valence-corrected chi connectivity index (χ1v) is 6.10. The van der Waals surface area contributed by atoms with E-state index in [4.69, 9.17) is 11.6 Å². The maximum absolute atomic E-state index is 11.9. The SMILES string of the molecule is CCC(=O)[C@@](O)(CC)[C@]1(C=O)C=CC(Cl)=CC1. The number of allylic oxidation sites excluding steroid dienone is 3. The molecule has 0 aromatic carbocycles. The average Bonchev–Trinajstić information content (AvgIpc) is 2.38. The van der Waals surface area contributed by atoms with Gasteiger partial charge in [-0.2, -0.15) is 0 Å². The van der Waals surface area contributed by atoms with Crippen LogP contribution in [0, 0.1) is 5.41 Å². The van der Waals surface area contributed by atoms with E-state index in [1.807, 2.05) is 0 Å². The summed E-state index contributed by atoms with van der Waals surface area (Å²) in [6, 6.07) is 0. The van der Waals surface area contributed by atoms with Gasteiger partial charge >= 0.3 is 0 Å². The molecule has 1 rings (SSSR count). The third-order valence-electron chi connectivity index (χ3n) is 3.45. The third kappa shape index (κ3) is 2.22. The van der Waals surface area contributed by atoms with Crippen LogP contribution in [-0.4, -0.2) is 22.8 Å². The predicted molar refractivity (Wildman–Crippen MR) is 66.7 cm³/mol. The van der Waals surface area contributed by atoms with Crippen LogP contribution in [-0.2, 0) is 9.59 Å². The zero-order valence-corrected chi connectivity index (χ0v) is 10.8. The molecule has 0 radical (unpaired) electrons. The molecule has 1 N–H and O–H groups in total. The van der Waals surface area contributed by atoms with Crippen molar-refractivity contribution in [2.24, 2.45) is 5.41 Å². The molecule has 0 amide bonds. The first-order chi connectivity index (χ1) is 7.95. The quantitative estimate of drug-likeness (QED) is 0.769. The molecule has 3 nitrogen and oxygen atoms in total. The second-order valence-electron chi connectivity index (χ2n) is 4.28. The summed E-state index contributed by atoms with van der Waals surface area (Å²) in [6.45, 7) is 3.38. The lowest BCUT2D eigenvalue weighted by Crippen LogP contribution is -2.54. The summed E-state index contributed by atoms with van der Waals surface area (Å²) in [5.41, 5.74) is -2.83. The zero-order chi connectivity index (χ0) is 13.1. The van der Waals surface area contributed by atoms with Crippen LogP contribution >= 0.6 is 11.6 Å². The minimum absolute atomic E-state index is 0.200. The van der Waals surface area contributed by atoms with E-state index in [1.165, 1.54) is 0 Å². The first-order valence-electron chi connectivity index (χ1n) is 5.72. The van der Waals surface area contributed by atoms with Crippen molar-refractivity contribution in [1.82, 2.24) is 0 Å². The Labute approximate surface area is 106 Å². The highest BCUT2D eigenvalue weighted by Gasteiger charge is 2.52. The second-order valence-corrected chi connectivity index (χ2v) is 4.71. The van der Waals surface area contributed by atoms with Crippen molar-refractivity contribution in [3.63, 3.8) is 0 Å². The Kier molecular flexibility index (Phi) is 4.28. The van der Waals surface area contributed by atoms with Gasteiger partial charge in [0.15, 0.2) is 5.78 Å². The van der Waals surface area contributed by atoms with Gasteiger partial charge in [0.25, 0.3) is 0 Å². The molecular formula is C13H17ClO3. The summed E-state index contributed by atoms with van der Waals surface area (Å²) >= 11 is 5.80. The van der Waals surface area contributed by atoms with Crippen molar-refractivity contribution in [1.29, 1.82) is 0 Å². The third-order valence-corrected chi connectivity index (χ3v) is 3.73. The molecule has 0 fully saturated rings. The van der Waals surface area contributed by atoms with Gasteiger partial charge in [-0.15, -0.1) is 0 Å². The van der Waals surface area contributed by atoms with Gasteiger partial charge in [-0.05, 0) is 18.9 Å². The van der Waals surface area contributed by atoms with Gasteiger partial charge in [0.1, 0.15) is 11.9 Å². The lowest BCUT2D eigenvalue weighted by molar-refractivity contribution is -0.154. The van der Waals surface area contributed by atoms with Gasteiger partial charge in [-0.3, -0.25) is 4.79 Å². The highest BCUT2D eigenvalue weighted by molar-refractivity contribution is 6.31. The largest absolute Gasteiger partial charge is 0.381 e. The number of rotatable bonds is 5. The number of carbonyl (C=O) groups excluding carboxylic acids is 2. The fourth-order valence-electron chi connectivity index (χ4n) is 2.20. The molecule has 0 unspecified atom stereocenters. The molecule has 4 heteroatoms. The Morgan fingerprint density at radius 3 is 2.65 bits per heavy atom. The van der Waals surface area contributed by atoms with Gasteiger partial charge in [0.2, 0.25) is 0 Å². The maximum Gasteiger partial charge on any atom is 0.165 e. The standard InChI is InChI=1S/C13H17ClO3/c1-3-11(16)13(17,4-2)12(9-15)7-5-10(14)6-8-12/h5-7,9,17H,3-4,8H2,1-2H3/t12-,13+/m1/s1. The van der Waals surface area contributed by atoms with E-state index < -0.39 is 11.0 Å². The summed E-state index contributed by atoms with van der Waals surface area (Å²) in [5.74, 6) is -0.317. The predicted octanol–water partition coefficient (Wildman–Crippen LogP) is 2.37. The Bertz CT molecular complexity index is 386. The number of ketones is 1. The van der Waals surface area contributed by atoms with Crippen molar-refractivity contribution in [2.45, 2.75) is 38.7 Å². The number of Topliss-reactive ketones (excluding diaryl/α,β-unsaturated/α-hetero) is 1. The molecule has 1 aliphatic carbocycles. The number of aliphatic hydroxyl groups is 1. The van der Waals surface area contributed by atoms with E-state index in [0.29, 0.717) is 11.3 Å². The summed E-state index contributed by atoms with van der Waals surface area (Å²) in [6.07, 6.45) is 6.06. The fraction of sp³-hybridized carbons (Fsp3) is 0.538. The number of halogens is 1. The van der Waals surface area contributed by atoms with Gasteiger partial charge < -0.3 is 9.90 Å². The van der Waals surface area contributed by atoms with Gasteiger partial charge in [0.05, 0.1) is 5.41 Å². The minimum Gasteiger partial charge on any atom is -0.381 e. The molecule has 17 heavy (non-hydrogen) atoms. The van der Waals surface area contributed by atoms with E-state index in [0.717, 1.165) is 0 Å². The molecule has 0 aliphatic heterocycles. The van der Waals surface area contributed by atoms with E-state index in [-0.39, 0.29) is 25.0 Å². The van der Waals surface area contributed by atoms with Crippen molar-refractivity contribution >= 4 is 23.7 Å². The summed E-state index contributed by atoms with van der Waals surface area (Å²) in [5, 5.41) is 11.1. The smallest absolute Gasteiger partial charge is 0.165 e. The Morgan fingerprint density at radius 2 is 2.29 bits per heavy atom. The monoisotopic (exact) mass is 256 g/mol. The molecule has 0 aromatic rings. The van der Waals surface area contributed by atoms with Crippen LogP contribution < -0.4 is 0 Å². The fourth-order valence-corrected chi connectivity index (χ4v) is 2.34. The van der Waals surface area contributed by atoms with Crippen LogP contribution in [0.25, 0.3) is 0 Å². The Balaban J connectivity index is 3.21.